The van der Waals surface area contributed by atoms with E-state index in [0.29, 0.717) is 11.8 Å². The molecule has 4 atom stereocenters. The van der Waals surface area contributed by atoms with E-state index in [4.69, 9.17) is 0 Å². The van der Waals surface area contributed by atoms with Gasteiger partial charge in [0.15, 0.2) is 0 Å². The number of likely N-dealkylation sites (N-methyl/N-ethyl adjacent to an activating group) is 2. The molecule has 0 amide bonds. The molecule has 0 spiro atoms. The van der Waals surface area contributed by atoms with Crippen molar-refractivity contribution in [1.82, 2.24) is 10.6 Å². The van der Waals surface area contributed by atoms with Gasteiger partial charge in [-0.25, -0.2) is 16.8 Å². The Morgan fingerprint density at radius 2 is 0.583 bits per heavy atom. The first-order valence-electron chi connectivity index (χ1n) is 26.2. The van der Waals surface area contributed by atoms with Gasteiger partial charge in [0.25, 0.3) is 0 Å². The smallest absolute Gasteiger partial charge is 4.00 e. The molecule has 0 saturated heterocycles. The molecule has 8 aromatic rings. The van der Waals surface area contributed by atoms with Crippen molar-refractivity contribution in [3.05, 3.63) is 298 Å². The topological polar surface area (TPSA) is 121 Å². The molecule has 8 rings (SSSR count). The molecule has 0 aliphatic heterocycles. The van der Waals surface area contributed by atoms with Crippen molar-refractivity contribution in [2.45, 2.75) is 101 Å². The molecule has 0 heterocycles. The molecule has 452 valence electrons. The fourth-order valence-corrected chi connectivity index (χ4v) is 10.3. The summed E-state index contributed by atoms with van der Waals surface area (Å²) >= 11 is 1.82. The van der Waals surface area contributed by atoms with Crippen LogP contribution < -0.4 is 10.6 Å². The van der Waals surface area contributed by atoms with E-state index in [9.17, 15) is 34.1 Å². The zero-order chi connectivity index (χ0) is 60.2. The van der Waals surface area contributed by atoms with Crippen molar-refractivity contribution in [2.75, 3.05) is 14.1 Å². The Morgan fingerprint density at radius 1 is 0.381 bits per heavy atom. The zero-order valence-corrected chi connectivity index (χ0v) is 55.6. The first-order chi connectivity index (χ1) is 38.4. The second-order valence-electron chi connectivity index (χ2n) is 19.5. The Balaban J connectivity index is 0.00000112. The summed E-state index contributed by atoms with van der Waals surface area (Å²) in [5.74, 6) is 1.31. The van der Waals surface area contributed by atoms with E-state index in [1.54, 1.807) is 48.5 Å². The van der Waals surface area contributed by atoms with Crippen molar-refractivity contribution in [3.8, 4) is 0 Å². The van der Waals surface area contributed by atoms with E-state index in [1.807, 2.05) is 167 Å². The molecule has 84 heavy (non-hydrogen) atoms. The SMILES string of the molecule is CN[C@H](c1ccccc1)[C@H]([N-]S(=O)(=O)c1ccc(C)cc1)c1ccccc1.CN[C@H](c1ccccc1)[C@H]([N-]S(=O)(=O)c1ccc(C)cc1)c1ccccc1.Cc1ccc(C(C)C)cc1.Cc1ccc(C(C)C)cc1.F[B-](F)(F)F.[CH3-].[CH3-].[Cl][Ru+3].[Ru+4]. The van der Waals surface area contributed by atoms with Gasteiger partial charge in [-0.2, -0.15) is 0 Å². The summed E-state index contributed by atoms with van der Waals surface area (Å²) in [6, 6.07) is 67.9. The summed E-state index contributed by atoms with van der Waals surface area (Å²) < 4.78 is 99.6. The monoisotopic (exact) mass is 1380 g/mol. The van der Waals surface area contributed by atoms with Crippen LogP contribution in [0.1, 0.15) is 119 Å². The standard InChI is InChI=1S/2C22H23N2O2S.2C10H14.2CH3.BF4.ClH.2Ru/c2*1-17-13-15-20(16-14-17)27(25,26)24-22(19-11-7-4-8-12-19)21(23-2)18-9-5-3-6-10-18;2*1-8(2)10-6-4-9(3)5-7-10;;;2-1(3,4)5;;;/h2*3-16,21-23H,1-2H3;2*4-8H,1-3H3;2*1H3;;1H;;/q2*-1;;;3*-1;;2*+4/p-1/t2*21-,22-;;;;;;;;/m11......../s1. The van der Waals surface area contributed by atoms with Crippen molar-refractivity contribution in [3.63, 3.8) is 0 Å². The third kappa shape index (κ3) is 28.3. The third-order valence-electron chi connectivity index (χ3n) is 12.5. The molecule has 0 saturated carbocycles. The Kier molecular flexibility index (Phi) is 37.8. The summed E-state index contributed by atoms with van der Waals surface area (Å²) in [4.78, 5) is 0.411. The molecule has 8 aromatic carbocycles. The van der Waals surface area contributed by atoms with Gasteiger partial charge in [0.1, 0.15) is 20.0 Å². The van der Waals surface area contributed by atoms with E-state index in [1.165, 1.54) is 22.3 Å². The van der Waals surface area contributed by atoms with Crippen LogP contribution in [0.3, 0.4) is 0 Å². The number of benzene rings is 8. The van der Waals surface area contributed by atoms with Crippen LogP contribution in [0.2, 0.25) is 0 Å². The molecule has 0 fully saturated rings. The molecule has 0 bridgehead atoms. The van der Waals surface area contributed by atoms with Gasteiger partial charge in [-0.3, -0.25) is 0 Å². The maximum Gasteiger partial charge on any atom is 4.00 e. The number of rotatable bonds is 16. The molecule has 0 aliphatic rings. The minimum Gasteiger partial charge on any atom is 4.00 e. The van der Waals surface area contributed by atoms with E-state index < -0.39 is 39.4 Å². The number of nitrogens with zero attached hydrogens (tertiary/aromatic N) is 2. The van der Waals surface area contributed by atoms with E-state index >= 15 is 0 Å². The summed E-state index contributed by atoms with van der Waals surface area (Å²) in [5, 5.41) is 6.48. The molecule has 0 aliphatic carbocycles. The largest absolute Gasteiger partial charge is 4.00 e. The molecule has 18 heteroatoms. The Hall–Kier alpha value is -5.18. The molecule has 0 aromatic heterocycles. The Bertz CT molecular complexity index is 3000. The molecular weight excluding hydrogens is 1300 g/mol. The normalized spacial score (nSPS) is 12.2. The molecule has 2 N–H and O–H groups in total. The van der Waals surface area contributed by atoms with Gasteiger partial charge in [-0.05, 0) is 100 Å². The van der Waals surface area contributed by atoms with Crippen molar-refractivity contribution >= 4 is 37.0 Å². The first kappa shape index (κ1) is 78.8. The predicted molar refractivity (Wildman–Crippen MR) is 338 cm³/mol. The Labute approximate surface area is 528 Å². The van der Waals surface area contributed by atoms with Gasteiger partial charge in [0, 0.05) is 21.9 Å². The van der Waals surface area contributed by atoms with Crippen LogP contribution >= 0.6 is 9.69 Å². The zero-order valence-electron chi connectivity index (χ0n) is 49.8. The van der Waals surface area contributed by atoms with Crippen molar-refractivity contribution in [1.29, 1.82) is 0 Å². The second kappa shape index (κ2) is 40.2. The maximum atomic E-state index is 13.0. The molecule has 0 radical (unpaired) electrons. The minimum absolute atomic E-state index is 0. The average Bonchev–Trinajstić information content (AvgIpc) is 3.60. The van der Waals surface area contributed by atoms with E-state index in [2.05, 4.69) is 120 Å². The fourth-order valence-electron chi connectivity index (χ4n) is 8.01. The number of aryl methyl sites for hydroxylation is 4. The van der Waals surface area contributed by atoms with E-state index in [-0.39, 0.29) is 56.2 Å². The molecule has 0 unspecified atom stereocenters. The van der Waals surface area contributed by atoms with Gasteiger partial charge in [0.2, 0.25) is 0 Å². The van der Waals surface area contributed by atoms with Crippen molar-refractivity contribution in [2.24, 2.45) is 0 Å². The summed E-state index contributed by atoms with van der Waals surface area (Å²) in [6.45, 7) is 16.9. The third-order valence-corrected chi connectivity index (χ3v) is 15.2. The van der Waals surface area contributed by atoms with Crippen LogP contribution in [0.15, 0.2) is 228 Å². The van der Waals surface area contributed by atoms with Gasteiger partial charge in [-0.1, -0.05) is 267 Å². The van der Waals surface area contributed by atoms with Crippen molar-refractivity contribution < 1.29 is 70.9 Å². The quantitative estimate of drug-likeness (QED) is 0.0565. The van der Waals surface area contributed by atoms with Gasteiger partial charge < -0.3 is 52.2 Å². The first-order valence-corrected chi connectivity index (χ1v) is 31.3. The van der Waals surface area contributed by atoms with Crippen LogP contribution in [-0.2, 0) is 56.8 Å². The minimum atomic E-state index is -6.00. The number of hydrogen-bond donors (Lipinski definition) is 2. The van der Waals surface area contributed by atoms with Crippen LogP contribution in [0.25, 0.3) is 9.44 Å². The van der Waals surface area contributed by atoms with Crippen LogP contribution in [0, 0.1) is 42.5 Å². The van der Waals surface area contributed by atoms with Gasteiger partial charge >= 0.3 is 53.7 Å². The number of halogens is 5. The van der Waals surface area contributed by atoms with Gasteiger partial charge in [0.05, 0.1) is 0 Å². The number of nitrogens with one attached hydrogen (secondary N) is 2. The summed E-state index contributed by atoms with van der Waals surface area (Å²) in [7, 11) is -5.39. The predicted octanol–water partition coefficient (Wildman–Crippen LogP) is 18.6. The fraction of sp³-hybridized carbons (Fsp3) is 0.242. The van der Waals surface area contributed by atoms with Crippen LogP contribution in [0.4, 0.5) is 17.3 Å². The average molecular weight is 1380 g/mol. The Morgan fingerprint density at radius 3 is 0.786 bits per heavy atom. The van der Waals surface area contributed by atoms with Crippen LogP contribution in [-0.4, -0.2) is 38.2 Å². The number of sulfonamides is 2. The van der Waals surface area contributed by atoms with E-state index in [0.717, 1.165) is 33.4 Å². The maximum absolute atomic E-state index is 13.0. The van der Waals surface area contributed by atoms with Gasteiger partial charge in [-0.15, -0.1) is 0 Å². The second-order valence-corrected chi connectivity index (χ2v) is 22.7. The molecule has 8 nitrogen and oxygen atoms in total. The summed E-state index contributed by atoms with van der Waals surface area (Å²) in [6.07, 6.45) is 0. The summed E-state index contributed by atoms with van der Waals surface area (Å²) in [5.41, 5.74) is 11.2. The number of hydrogen-bond acceptors (Lipinski definition) is 6. The van der Waals surface area contributed by atoms with Crippen LogP contribution in [0.5, 0.6) is 0 Å². The molecular formula is C66H80BClF4N4O4Ru2S2+2.